The quantitative estimate of drug-likeness (QED) is 0.331. The average Bonchev–Trinajstić information content (AvgIpc) is 3.18. The second-order valence-corrected chi connectivity index (χ2v) is 8.62. The van der Waals surface area contributed by atoms with E-state index in [0.717, 1.165) is 35.6 Å². The Balaban J connectivity index is 1.44. The van der Waals surface area contributed by atoms with Gasteiger partial charge in [-0.15, -0.1) is 0 Å². The van der Waals surface area contributed by atoms with Crippen LogP contribution in [0.2, 0.25) is 0 Å². The zero-order valence-electron chi connectivity index (χ0n) is 19.5. The number of benzene rings is 3. The third-order valence-electron chi connectivity index (χ3n) is 5.75. The summed E-state index contributed by atoms with van der Waals surface area (Å²) in [4.78, 5) is 17.3. The van der Waals surface area contributed by atoms with E-state index in [4.69, 9.17) is 9.72 Å². The third kappa shape index (κ3) is 5.43. The number of para-hydroxylation sites is 2. The molecule has 3 aromatic carbocycles. The second kappa shape index (κ2) is 10.3. The number of carbonyl (C=O) groups is 1. The summed E-state index contributed by atoms with van der Waals surface area (Å²) in [5.41, 5.74) is 5.08. The van der Waals surface area contributed by atoms with E-state index < -0.39 is 0 Å². The number of hydrogen-bond acceptors (Lipinski definition) is 3. The Bertz CT molecular complexity index is 1230. The van der Waals surface area contributed by atoms with Crippen LogP contribution in [0.1, 0.15) is 53.5 Å². The summed E-state index contributed by atoms with van der Waals surface area (Å²) in [5, 5.41) is 3.01. The van der Waals surface area contributed by atoms with Gasteiger partial charge in [0.05, 0.1) is 24.2 Å². The molecule has 1 N–H and O–H groups in total. The Hall–Kier alpha value is -3.60. The number of ether oxygens (including phenoxy) is 1. The second-order valence-electron chi connectivity index (χ2n) is 8.62. The van der Waals surface area contributed by atoms with Crippen LogP contribution < -0.4 is 10.1 Å². The number of aromatic nitrogens is 2. The minimum absolute atomic E-state index is 0.0989. The predicted molar refractivity (Wildman–Crippen MR) is 133 cm³/mol. The summed E-state index contributed by atoms with van der Waals surface area (Å²) < 4.78 is 8.37. The van der Waals surface area contributed by atoms with Gasteiger partial charge in [0, 0.05) is 12.1 Å². The monoisotopic (exact) mass is 441 g/mol. The van der Waals surface area contributed by atoms with Gasteiger partial charge in [0.1, 0.15) is 11.6 Å². The summed E-state index contributed by atoms with van der Waals surface area (Å²) >= 11 is 0. The lowest BCUT2D eigenvalue weighted by Gasteiger charge is -2.15. The number of nitrogens with one attached hydrogen (secondary N) is 1. The van der Waals surface area contributed by atoms with Crippen LogP contribution >= 0.6 is 0 Å². The van der Waals surface area contributed by atoms with Crippen molar-refractivity contribution in [2.45, 2.75) is 46.2 Å². The predicted octanol–water partition coefficient (Wildman–Crippen LogP) is 5.87. The van der Waals surface area contributed by atoms with Crippen LogP contribution in [-0.2, 0) is 13.1 Å². The Kier molecular flexibility index (Phi) is 7.08. The van der Waals surface area contributed by atoms with Crippen molar-refractivity contribution in [3.8, 4) is 5.75 Å². The van der Waals surface area contributed by atoms with Crippen LogP contribution in [0.5, 0.6) is 5.75 Å². The molecule has 170 valence electrons. The lowest BCUT2D eigenvalue weighted by atomic mass is 10.0. The SMILES string of the molecule is Cc1ccc(C(C)C)c(OCCCn2c(CNC(=O)c3ccccc3)nc3ccccc32)c1. The summed E-state index contributed by atoms with van der Waals surface area (Å²) in [7, 11) is 0. The largest absolute Gasteiger partial charge is 0.493 e. The molecule has 0 bridgehead atoms. The first kappa shape index (κ1) is 22.6. The number of imidazole rings is 1. The van der Waals surface area contributed by atoms with E-state index in [2.05, 4.69) is 54.9 Å². The van der Waals surface area contributed by atoms with Gasteiger partial charge in [-0.25, -0.2) is 4.98 Å². The van der Waals surface area contributed by atoms with Crippen molar-refractivity contribution in [2.24, 2.45) is 0 Å². The normalized spacial score (nSPS) is 11.2. The van der Waals surface area contributed by atoms with Crippen LogP contribution in [0, 0.1) is 6.92 Å². The molecular weight excluding hydrogens is 410 g/mol. The van der Waals surface area contributed by atoms with Gasteiger partial charge in [-0.3, -0.25) is 4.79 Å². The third-order valence-corrected chi connectivity index (χ3v) is 5.75. The Morgan fingerprint density at radius 2 is 1.79 bits per heavy atom. The van der Waals surface area contributed by atoms with Crippen LogP contribution in [0.4, 0.5) is 0 Å². The smallest absolute Gasteiger partial charge is 0.251 e. The summed E-state index contributed by atoms with van der Waals surface area (Å²) in [5.74, 6) is 2.13. The van der Waals surface area contributed by atoms with Crippen LogP contribution in [-0.4, -0.2) is 22.1 Å². The van der Waals surface area contributed by atoms with Crippen LogP contribution in [0.25, 0.3) is 11.0 Å². The number of fused-ring (bicyclic) bond motifs is 1. The molecule has 1 heterocycles. The first-order chi connectivity index (χ1) is 16.0. The highest BCUT2D eigenvalue weighted by molar-refractivity contribution is 5.94. The van der Waals surface area contributed by atoms with Gasteiger partial charge in [0.2, 0.25) is 0 Å². The fourth-order valence-corrected chi connectivity index (χ4v) is 4.01. The molecule has 0 radical (unpaired) electrons. The number of rotatable bonds is 9. The van der Waals surface area contributed by atoms with E-state index in [1.54, 1.807) is 0 Å². The van der Waals surface area contributed by atoms with Gasteiger partial charge in [-0.05, 0) is 60.7 Å². The Labute approximate surface area is 195 Å². The zero-order chi connectivity index (χ0) is 23.2. The van der Waals surface area contributed by atoms with Gasteiger partial charge in [-0.1, -0.05) is 56.3 Å². The first-order valence-electron chi connectivity index (χ1n) is 11.5. The van der Waals surface area contributed by atoms with E-state index in [-0.39, 0.29) is 5.91 Å². The lowest BCUT2D eigenvalue weighted by molar-refractivity contribution is 0.0949. The zero-order valence-corrected chi connectivity index (χ0v) is 19.5. The standard InChI is InChI=1S/C28H31N3O2/c1-20(2)23-15-14-21(3)18-26(23)33-17-9-16-31-25-13-8-7-12-24(25)30-27(31)19-29-28(32)22-10-5-4-6-11-22/h4-8,10-15,18,20H,9,16-17,19H2,1-3H3,(H,29,32). The fourth-order valence-electron chi connectivity index (χ4n) is 4.01. The van der Waals surface area contributed by atoms with E-state index in [1.807, 2.05) is 48.5 Å². The molecule has 5 heteroatoms. The van der Waals surface area contributed by atoms with Crippen molar-refractivity contribution in [3.05, 3.63) is 95.3 Å². The molecule has 0 aliphatic heterocycles. The molecule has 4 rings (SSSR count). The van der Waals surface area contributed by atoms with Crippen molar-refractivity contribution < 1.29 is 9.53 Å². The number of nitrogens with zero attached hydrogens (tertiary/aromatic N) is 2. The number of amides is 1. The molecular formula is C28H31N3O2. The van der Waals surface area contributed by atoms with E-state index in [9.17, 15) is 4.79 Å². The number of carbonyl (C=O) groups excluding carboxylic acids is 1. The molecule has 0 atom stereocenters. The van der Waals surface area contributed by atoms with Crippen molar-refractivity contribution in [2.75, 3.05) is 6.61 Å². The van der Waals surface area contributed by atoms with Crippen molar-refractivity contribution in [1.29, 1.82) is 0 Å². The van der Waals surface area contributed by atoms with Crippen LogP contribution in [0.15, 0.2) is 72.8 Å². The molecule has 0 aliphatic rings. The minimum Gasteiger partial charge on any atom is -0.493 e. The summed E-state index contributed by atoms with van der Waals surface area (Å²) in [6, 6.07) is 23.7. The van der Waals surface area contributed by atoms with Gasteiger partial charge in [0.15, 0.2) is 0 Å². The molecule has 1 amide bonds. The number of aryl methyl sites for hydroxylation is 2. The molecule has 0 saturated carbocycles. The van der Waals surface area contributed by atoms with Gasteiger partial charge >= 0.3 is 0 Å². The van der Waals surface area contributed by atoms with Gasteiger partial charge < -0.3 is 14.6 Å². The molecule has 4 aromatic rings. The van der Waals surface area contributed by atoms with Crippen molar-refractivity contribution >= 4 is 16.9 Å². The lowest BCUT2D eigenvalue weighted by Crippen LogP contribution is -2.24. The van der Waals surface area contributed by atoms with Crippen LogP contribution in [0.3, 0.4) is 0 Å². The van der Waals surface area contributed by atoms with Gasteiger partial charge in [-0.2, -0.15) is 0 Å². The van der Waals surface area contributed by atoms with E-state index >= 15 is 0 Å². The maximum Gasteiger partial charge on any atom is 0.251 e. The van der Waals surface area contributed by atoms with Crippen molar-refractivity contribution in [1.82, 2.24) is 14.9 Å². The molecule has 1 aromatic heterocycles. The molecule has 0 saturated heterocycles. The highest BCUT2D eigenvalue weighted by atomic mass is 16.5. The molecule has 0 spiro atoms. The molecule has 33 heavy (non-hydrogen) atoms. The molecule has 0 unspecified atom stereocenters. The first-order valence-corrected chi connectivity index (χ1v) is 11.5. The molecule has 5 nitrogen and oxygen atoms in total. The highest BCUT2D eigenvalue weighted by Gasteiger charge is 2.13. The highest BCUT2D eigenvalue weighted by Crippen LogP contribution is 2.27. The Morgan fingerprint density at radius 3 is 2.58 bits per heavy atom. The van der Waals surface area contributed by atoms with E-state index in [0.29, 0.717) is 24.6 Å². The minimum atomic E-state index is -0.0989. The fraction of sp³-hybridized carbons (Fsp3) is 0.286. The van der Waals surface area contributed by atoms with Gasteiger partial charge in [0.25, 0.3) is 5.91 Å². The maximum atomic E-state index is 12.5. The van der Waals surface area contributed by atoms with E-state index in [1.165, 1.54) is 11.1 Å². The maximum absolute atomic E-state index is 12.5. The topological polar surface area (TPSA) is 56.1 Å². The number of hydrogen-bond donors (Lipinski definition) is 1. The Morgan fingerprint density at radius 1 is 1.03 bits per heavy atom. The summed E-state index contributed by atoms with van der Waals surface area (Å²) in [6.07, 6.45) is 0.839. The summed E-state index contributed by atoms with van der Waals surface area (Å²) in [6.45, 7) is 8.21. The van der Waals surface area contributed by atoms with Crippen molar-refractivity contribution in [3.63, 3.8) is 0 Å². The average molecular weight is 442 g/mol. The molecule has 0 aliphatic carbocycles. The molecule has 0 fully saturated rings.